The van der Waals surface area contributed by atoms with Crippen LogP contribution < -0.4 is 38.2 Å². The predicted octanol–water partition coefficient (Wildman–Crippen LogP) is 16.1. The normalized spacial score (nSPS) is 13.7. The van der Waals surface area contributed by atoms with Crippen LogP contribution in [0.25, 0.3) is 0 Å². The number of anilines is 6. The summed E-state index contributed by atoms with van der Waals surface area (Å²) in [5, 5.41) is 2.07. The van der Waals surface area contributed by atoms with Crippen LogP contribution in [0.2, 0.25) is 0 Å². The molecular formula is C62H46N2O6S2. The van der Waals surface area contributed by atoms with Gasteiger partial charge in [0.1, 0.15) is 56.0 Å². The molecular weight excluding hydrogens is 933 g/mol. The Bertz CT molecular complexity index is 3180. The molecule has 0 amide bonds. The first-order valence-corrected chi connectivity index (χ1v) is 25.3. The Morgan fingerprint density at radius 3 is 0.819 bits per heavy atom. The van der Waals surface area contributed by atoms with E-state index in [-0.39, 0.29) is 0 Å². The third kappa shape index (κ3) is 6.42. The van der Waals surface area contributed by atoms with Gasteiger partial charge in [-0.3, -0.25) is 0 Å². The van der Waals surface area contributed by atoms with Crippen molar-refractivity contribution in [2.24, 2.45) is 0 Å². The Labute approximate surface area is 426 Å². The summed E-state index contributed by atoms with van der Waals surface area (Å²) in [4.78, 5) is 7.06. The molecule has 0 N–H and O–H groups in total. The standard InChI is InChI=1S/C62H46N2O6S2/c1-65-43-29-21-39(22-30-43)63(40-23-31-44(66-2)32-24-40)57-37-51-59(71-57)62(49-15-7-11-19-55(49)70-56-20-12-8-16-50(56)62)52-38-58(64(41-25-33-45(67-3)34-26-41)42-27-35-46(68-4)36-28-42)72-60(52)61(51)47-13-5-9-17-53(47)69-54-18-10-6-14-48(54)61/h5-38H,1-4H3. The number of fused-ring (bicyclic) bond motifs is 14. The Balaban J connectivity index is 1.19. The topological polar surface area (TPSA) is 61.9 Å². The minimum absolute atomic E-state index is 0.779. The van der Waals surface area contributed by atoms with Gasteiger partial charge in [0.15, 0.2) is 0 Å². The predicted molar refractivity (Wildman–Crippen MR) is 288 cm³/mol. The van der Waals surface area contributed by atoms with E-state index in [4.69, 9.17) is 28.4 Å². The van der Waals surface area contributed by atoms with Crippen LogP contribution in [0.15, 0.2) is 206 Å². The Morgan fingerprint density at radius 1 is 0.319 bits per heavy atom. The largest absolute Gasteiger partial charge is 0.497 e. The zero-order chi connectivity index (χ0) is 48.6. The van der Waals surface area contributed by atoms with E-state index < -0.39 is 10.8 Å². The molecule has 0 radical (unpaired) electrons. The molecule has 10 aromatic rings. The van der Waals surface area contributed by atoms with Crippen LogP contribution in [-0.4, -0.2) is 28.4 Å². The van der Waals surface area contributed by atoms with Crippen molar-refractivity contribution in [3.8, 4) is 46.0 Å². The van der Waals surface area contributed by atoms with Gasteiger partial charge in [-0.1, -0.05) is 72.8 Å². The van der Waals surface area contributed by atoms with E-state index >= 15 is 0 Å². The number of thiophene rings is 2. The minimum Gasteiger partial charge on any atom is -0.497 e. The number of nitrogens with zero attached hydrogens (tertiary/aromatic N) is 2. The van der Waals surface area contributed by atoms with Crippen molar-refractivity contribution in [2.45, 2.75) is 10.8 Å². The Kier molecular flexibility index (Phi) is 10.4. The van der Waals surface area contributed by atoms with Crippen LogP contribution in [0.1, 0.15) is 43.1 Å². The maximum absolute atomic E-state index is 6.98. The Hall–Kier alpha value is -8.44. The highest BCUT2D eigenvalue weighted by Gasteiger charge is 2.61. The van der Waals surface area contributed by atoms with Gasteiger partial charge < -0.3 is 38.2 Å². The number of hydrogen-bond donors (Lipinski definition) is 0. The highest BCUT2D eigenvalue weighted by Crippen LogP contribution is 2.71. The van der Waals surface area contributed by atoms with Crippen molar-refractivity contribution in [1.29, 1.82) is 0 Å². The van der Waals surface area contributed by atoms with Gasteiger partial charge in [0, 0.05) is 54.8 Å². The van der Waals surface area contributed by atoms with Crippen molar-refractivity contribution in [1.82, 2.24) is 0 Å². The van der Waals surface area contributed by atoms with Crippen molar-refractivity contribution in [2.75, 3.05) is 38.2 Å². The van der Waals surface area contributed by atoms with Crippen molar-refractivity contribution < 1.29 is 28.4 Å². The maximum Gasteiger partial charge on any atom is 0.132 e. The van der Waals surface area contributed by atoms with Gasteiger partial charge in [-0.05, 0) is 145 Å². The molecule has 10 heteroatoms. The summed E-state index contributed by atoms with van der Waals surface area (Å²) in [6, 6.07) is 72.4. The first-order chi connectivity index (χ1) is 35.5. The van der Waals surface area contributed by atoms with Crippen molar-refractivity contribution in [3.05, 3.63) is 249 Å². The molecule has 2 aliphatic heterocycles. The van der Waals surface area contributed by atoms with E-state index in [0.29, 0.717) is 0 Å². The highest BCUT2D eigenvalue weighted by molar-refractivity contribution is 7.18. The lowest BCUT2D eigenvalue weighted by atomic mass is 9.54. The molecule has 0 bridgehead atoms. The molecule has 0 saturated heterocycles. The van der Waals surface area contributed by atoms with E-state index in [1.54, 1.807) is 28.4 Å². The molecule has 2 spiro atoms. The number of hydrogen-bond acceptors (Lipinski definition) is 10. The highest BCUT2D eigenvalue weighted by atomic mass is 32.1. The third-order valence-corrected chi connectivity index (χ3v) is 16.8. The van der Waals surface area contributed by atoms with Gasteiger partial charge in [0.25, 0.3) is 0 Å². The SMILES string of the molecule is COc1ccc(N(c2ccc(OC)cc2)c2cc3c(s2)C2(c4ccccc4Oc4ccccc42)c2cc(N(c4ccc(OC)cc4)c4ccc(OC)cc4)sc2C32c3ccccc3Oc3ccccc32)cc1. The van der Waals surface area contributed by atoms with Gasteiger partial charge in [0.05, 0.1) is 39.3 Å². The third-order valence-electron chi connectivity index (χ3n) is 14.3. The second-order valence-corrected chi connectivity index (χ2v) is 19.9. The first kappa shape index (κ1) is 43.6. The van der Waals surface area contributed by atoms with Crippen LogP contribution in [-0.2, 0) is 10.8 Å². The molecule has 0 saturated carbocycles. The van der Waals surface area contributed by atoms with Gasteiger partial charge in [-0.25, -0.2) is 0 Å². The molecule has 0 atom stereocenters. The van der Waals surface area contributed by atoms with Crippen LogP contribution in [0.3, 0.4) is 0 Å². The molecule has 72 heavy (non-hydrogen) atoms. The summed E-state index contributed by atoms with van der Waals surface area (Å²) in [5.74, 6) is 6.35. The molecule has 1 aliphatic carbocycles. The fourth-order valence-corrected chi connectivity index (χ4v) is 14.1. The van der Waals surface area contributed by atoms with Crippen LogP contribution in [0, 0.1) is 0 Å². The second-order valence-electron chi connectivity index (χ2n) is 17.8. The Morgan fingerprint density at radius 2 is 0.569 bits per heavy atom. The fourth-order valence-electron chi connectivity index (χ4n) is 11.1. The summed E-state index contributed by atoms with van der Waals surface area (Å²) >= 11 is 3.63. The lowest BCUT2D eigenvalue weighted by Gasteiger charge is -2.50. The average molecular weight is 979 g/mol. The van der Waals surface area contributed by atoms with Gasteiger partial charge in [0.2, 0.25) is 0 Å². The van der Waals surface area contributed by atoms with E-state index in [0.717, 1.165) is 112 Å². The maximum atomic E-state index is 6.98. The van der Waals surface area contributed by atoms with E-state index in [1.165, 1.54) is 9.75 Å². The monoisotopic (exact) mass is 978 g/mol. The van der Waals surface area contributed by atoms with E-state index in [2.05, 4.69) is 168 Å². The molecule has 2 aromatic heterocycles. The molecule has 8 aromatic carbocycles. The quantitative estimate of drug-likeness (QED) is 0.134. The number of benzene rings is 8. The molecule has 4 heterocycles. The zero-order valence-electron chi connectivity index (χ0n) is 39.8. The smallest absolute Gasteiger partial charge is 0.132 e. The number of rotatable bonds is 10. The van der Waals surface area contributed by atoms with Crippen molar-refractivity contribution in [3.63, 3.8) is 0 Å². The van der Waals surface area contributed by atoms with Crippen LogP contribution in [0.5, 0.6) is 46.0 Å². The summed E-state index contributed by atoms with van der Waals surface area (Å²) in [5.41, 5.74) is 8.74. The van der Waals surface area contributed by atoms with Crippen LogP contribution in [0.4, 0.5) is 32.8 Å². The summed E-state index contributed by atoms with van der Waals surface area (Å²) in [6.45, 7) is 0. The lowest BCUT2D eigenvalue weighted by molar-refractivity contribution is 0.414. The second kappa shape index (κ2) is 17.2. The zero-order valence-corrected chi connectivity index (χ0v) is 41.4. The molecule has 0 fully saturated rings. The molecule has 3 aliphatic rings. The summed E-state index contributed by atoms with van der Waals surface area (Å²) in [7, 11) is 6.81. The minimum atomic E-state index is -0.877. The molecule has 0 unspecified atom stereocenters. The molecule has 352 valence electrons. The summed E-state index contributed by atoms with van der Waals surface area (Å²) in [6.07, 6.45) is 0. The summed E-state index contributed by atoms with van der Waals surface area (Å²) < 4.78 is 36.8. The molecule has 8 nitrogen and oxygen atoms in total. The number of methoxy groups -OCH3 is 4. The van der Waals surface area contributed by atoms with E-state index in [9.17, 15) is 0 Å². The fraction of sp³-hybridized carbons (Fsp3) is 0.0968. The van der Waals surface area contributed by atoms with Gasteiger partial charge in [-0.15, -0.1) is 22.7 Å². The van der Waals surface area contributed by atoms with E-state index in [1.807, 2.05) is 71.2 Å². The molecule has 13 rings (SSSR count). The number of para-hydroxylation sites is 4. The number of ether oxygens (including phenoxy) is 6. The lowest BCUT2D eigenvalue weighted by Crippen LogP contribution is -2.45. The van der Waals surface area contributed by atoms with Crippen molar-refractivity contribution >= 4 is 55.4 Å². The average Bonchev–Trinajstić information content (AvgIpc) is 4.09. The van der Waals surface area contributed by atoms with Crippen LogP contribution >= 0.6 is 22.7 Å². The first-order valence-electron chi connectivity index (χ1n) is 23.7. The van der Waals surface area contributed by atoms with Gasteiger partial charge >= 0.3 is 0 Å². The van der Waals surface area contributed by atoms with Gasteiger partial charge in [-0.2, -0.15) is 0 Å².